The van der Waals surface area contributed by atoms with E-state index in [-0.39, 0.29) is 27.0 Å². The van der Waals surface area contributed by atoms with Gasteiger partial charge in [-0.1, -0.05) is 12.6 Å². The molecule has 0 heterocycles. The van der Waals surface area contributed by atoms with E-state index in [0.29, 0.717) is 6.07 Å². The number of carbonyl (C=O) groups excluding carboxylic acids is 1. The Morgan fingerprint density at radius 1 is 0.824 bits per heavy atom. The van der Waals surface area contributed by atoms with Gasteiger partial charge in [-0.3, -0.25) is 9.11 Å². The number of phenols is 1. The number of sulfone groups is 1. The fraction of sp³-hybridized carbons (Fsp3) is 0. The third-order valence-electron chi connectivity index (χ3n) is 4.46. The first kappa shape index (κ1) is 25.1. The number of anilines is 2. The normalized spacial score (nSPS) is 12.3. The van der Waals surface area contributed by atoms with Crippen LogP contribution in [0.25, 0.3) is 10.8 Å². The molecule has 34 heavy (non-hydrogen) atoms. The van der Waals surface area contributed by atoms with Gasteiger partial charge in [0.05, 0.1) is 20.4 Å². The van der Waals surface area contributed by atoms with Gasteiger partial charge in [-0.25, -0.2) is 13.2 Å². The molecule has 0 atom stereocenters. The zero-order valence-electron chi connectivity index (χ0n) is 16.8. The van der Waals surface area contributed by atoms with Crippen molar-refractivity contribution >= 4 is 58.3 Å². The van der Waals surface area contributed by atoms with Crippen molar-refractivity contribution in [3.63, 3.8) is 0 Å². The molecule has 0 bridgehead atoms. The molecule has 0 fully saturated rings. The molecule has 0 unspecified atom stereocenters. The zero-order valence-corrected chi connectivity index (χ0v) is 19.3. The Morgan fingerprint density at radius 3 is 1.97 bits per heavy atom. The van der Waals surface area contributed by atoms with Crippen molar-refractivity contribution in [3.8, 4) is 5.75 Å². The fourth-order valence-corrected chi connectivity index (χ4v) is 4.80. The number of hydrogen-bond donors (Lipinski definition) is 5. The minimum Gasteiger partial charge on any atom is -0.507 e. The smallest absolute Gasteiger partial charge is 0.323 e. The Balaban J connectivity index is 2.08. The molecular formula is C19H16N2O10S3. The number of aromatic hydroxyl groups is 1. The standard InChI is InChI=1S/C19H16N2O10S3/c1-2-32(24,25)13-5-3-4-12(8-13)20-19(23)21-16-9-14(33(26,27)28)6-11-7-15(34(29,30)31)10-17(22)18(11)16/h2-10,22H,1H2,(H2,20,21,23)(H,26,27,28)(H,29,30,31). The highest BCUT2D eigenvalue weighted by atomic mass is 32.2. The van der Waals surface area contributed by atoms with Crippen molar-refractivity contribution in [3.05, 3.63) is 60.5 Å². The summed E-state index contributed by atoms with van der Waals surface area (Å²) in [4.78, 5) is 10.9. The summed E-state index contributed by atoms with van der Waals surface area (Å²) in [5.41, 5.74) is -0.314. The van der Waals surface area contributed by atoms with E-state index >= 15 is 0 Å². The maximum absolute atomic E-state index is 12.5. The zero-order chi connectivity index (χ0) is 25.5. The van der Waals surface area contributed by atoms with E-state index in [9.17, 15) is 44.3 Å². The average Bonchev–Trinajstić information content (AvgIpc) is 2.72. The lowest BCUT2D eigenvalue weighted by molar-refractivity contribution is 0.262. The molecule has 2 amide bonds. The number of urea groups is 1. The van der Waals surface area contributed by atoms with Crippen molar-refractivity contribution < 1.29 is 44.3 Å². The quantitative estimate of drug-likeness (QED) is 0.296. The number of benzene rings is 3. The van der Waals surface area contributed by atoms with Crippen LogP contribution in [0.5, 0.6) is 5.75 Å². The van der Waals surface area contributed by atoms with Crippen LogP contribution in [-0.2, 0) is 30.1 Å². The molecule has 15 heteroatoms. The molecule has 0 aliphatic carbocycles. The molecule has 0 radical (unpaired) electrons. The van der Waals surface area contributed by atoms with E-state index < -0.39 is 51.6 Å². The fourth-order valence-electron chi connectivity index (χ4n) is 2.97. The van der Waals surface area contributed by atoms with Crippen molar-refractivity contribution in [1.29, 1.82) is 0 Å². The topological polar surface area (TPSA) is 204 Å². The number of fused-ring (bicyclic) bond motifs is 1. The van der Waals surface area contributed by atoms with E-state index in [1.165, 1.54) is 18.2 Å². The van der Waals surface area contributed by atoms with Crippen LogP contribution in [-0.4, -0.2) is 45.5 Å². The van der Waals surface area contributed by atoms with Crippen molar-refractivity contribution in [2.24, 2.45) is 0 Å². The van der Waals surface area contributed by atoms with Crippen molar-refractivity contribution in [2.45, 2.75) is 14.7 Å². The highest BCUT2D eigenvalue weighted by molar-refractivity contribution is 7.94. The third kappa shape index (κ3) is 5.35. The molecule has 0 saturated carbocycles. The lowest BCUT2D eigenvalue weighted by Crippen LogP contribution is -2.20. The van der Waals surface area contributed by atoms with Gasteiger partial charge in [-0.05, 0) is 41.8 Å². The number of rotatable bonds is 6. The van der Waals surface area contributed by atoms with Gasteiger partial charge in [0.2, 0.25) is 0 Å². The predicted octanol–water partition coefficient (Wildman–Crippen LogP) is 2.60. The average molecular weight is 529 g/mol. The summed E-state index contributed by atoms with van der Waals surface area (Å²) in [5, 5.41) is 15.1. The summed E-state index contributed by atoms with van der Waals surface area (Å²) >= 11 is 0. The summed E-state index contributed by atoms with van der Waals surface area (Å²) in [6.07, 6.45) is 0. The second kappa shape index (κ2) is 8.69. The number of nitrogens with one attached hydrogen (secondary N) is 2. The van der Waals surface area contributed by atoms with E-state index in [2.05, 4.69) is 17.2 Å². The minimum absolute atomic E-state index is 0.0357. The number of amides is 2. The van der Waals surface area contributed by atoms with Gasteiger partial charge in [0.25, 0.3) is 20.2 Å². The van der Waals surface area contributed by atoms with Gasteiger partial charge < -0.3 is 15.7 Å². The van der Waals surface area contributed by atoms with Gasteiger partial charge in [0.1, 0.15) is 5.75 Å². The predicted molar refractivity (Wildman–Crippen MR) is 122 cm³/mol. The maximum atomic E-state index is 12.5. The molecule has 180 valence electrons. The van der Waals surface area contributed by atoms with Crippen LogP contribution >= 0.6 is 0 Å². The van der Waals surface area contributed by atoms with Crippen LogP contribution in [0.1, 0.15) is 0 Å². The van der Waals surface area contributed by atoms with Crippen LogP contribution in [0.15, 0.2) is 75.2 Å². The van der Waals surface area contributed by atoms with Crippen LogP contribution in [0.2, 0.25) is 0 Å². The molecule has 3 rings (SSSR count). The Hall–Kier alpha value is -3.50. The van der Waals surface area contributed by atoms with Gasteiger partial charge in [-0.2, -0.15) is 16.8 Å². The lowest BCUT2D eigenvalue weighted by Gasteiger charge is -2.14. The number of hydrogen-bond acceptors (Lipinski definition) is 8. The maximum Gasteiger partial charge on any atom is 0.323 e. The van der Waals surface area contributed by atoms with E-state index in [4.69, 9.17) is 0 Å². The molecule has 12 nitrogen and oxygen atoms in total. The first-order valence-electron chi connectivity index (χ1n) is 8.93. The molecule has 0 aliphatic heterocycles. The van der Waals surface area contributed by atoms with Crippen molar-refractivity contribution in [2.75, 3.05) is 10.6 Å². The van der Waals surface area contributed by atoms with Gasteiger partial charge in [-0.15, -0.1) is 0 Å². The summed E-state index contributed by atoms with van der Waals surface area (Å²) < 4.78 is 88.7. The molecule has 0 aromatic heterocycles. The molecule has 3 aromatic rings. The van der Waals surface area contributed by atoms with Crippen LogP contribution in [0, 0.1) is 0 Å². The van der Waals surface area contributed by atoms with Gasteiger partial charge in [0.15, 0.2) is 9.84 Å². The van der Waals surface area contributed by atoms with Crippen LogP contribution < -0.4 is 10.6 Å². The monoisotopic (exact) mass is 528 g/mol. The van der Waals surface area contributed by atoms with Crippen LogP contribution in [0.3, 0.4) is 0 Å². The first-order chi connectivity index (χ1) is 15.6. The second-order valence-electron chi connectivity index (χ2n) is 6.78. The van der Waals surface area contributed by atoms with Gasteiger partial charge in [0, 0.05) is 22.5 Å². The Bertz CT molecular complexity index is 1660. The summed E-state index contributed by atoms with van der Waals surface area (Å²) in [5.74, 6) is -0.735. The largest absolute Gasteiger partial charge is 0.507 e. The van der Waals surface area contributed by atoms with Gasteiger partial charge >= 0.3 is 6.03 Å². The Labute approximate surface area is 194 Å². The minimum atomic E-state index is -4.84. The molecule has 0 saturated heterocycles. The van der Waals surface area contributed by atoms with Crippen LogP contribution in [0.4, 0.5) is 16.2 Å². The van der Waals surface area contributed by atoms with E-state index in [1.807, 2.05) is 0 Å². The highest BCUT2D eigenvalue weighted by Gasteiger charge is 2.21. The molecule has 5 N–H and O–H groups in total. The summed E-state index contributed by atoms with van der Waals surface area (Å²) in [6.45, 7) is 3.21. The lowest BCUT2D eigenvalue weighted by atomic mass is 10.1. The summed E-state index contributed by atoms with van der Waals surface area (Å²) in [6, 6.07) is 7.26. The second-order valence-corrected chi connectivity index (χ2v) is 11.5. The SMILES string of the molecule is C=CS(=O)(=O)c1cccc(NC(=O)Nc2cc(S(=O)(=O)O)cc3cc(S(=O)(=O)O)cc(O)c23)c1. The highest BCUT2D eigenvalue weighted by Crippen LogP contribution is 2.36. The van der Waals surface area contributed by atoms with Crippen molar-refractivity contribution in [1.82, 2.24) is 0 Å². The van der Waals surface area contributed by atoms with E-state index in [1.54, 1.807) is 0 Å². The molecule has 0 aliphatic rings. The Morgan fingerprint density at radius 2 is 1.41 bits per heavy atom. The third-order valence-corrected chi connectivity index (χ3v) is 7.47. The molecule has 0 spiro atoms. The molecule has 3 aromatic carbocycles. The Kier molecular flexibility index (Phi) is 6.43. The number of carbonyl (C=O) groups is 1. The van der Waals surface area contributed by atoms with E-state index in [0.717, 1.165) is 29.7 Å². The first-order valence-corrected chi connectivity index (χ1v) is 13.4. The summed E-state index contributed by atoms with van der Waals surface area (Å²) in [7, 11) is -13.4. The molecular weight excluding hydrogens is 512 g/mol. The number of phenolic OH excluding ortho intramolecular Hbond substituents is 1.